The number of nitrogens with one attached hydrogen (secondary N) is 1. The van der Waals surface area contributed by atoms with E-state index >= 15 is 0 Å². The number of carbonyl (C=O) groups is 1. The minimum absolute atomic E-state index is 0.0781. The second-order valence-electron chi connectivity index (χ2n) is 4.12. The molecule has 0 aliphatic heterocycles. The highest BCUT2D eigenvalue weighted by atomic mass is 32.1. The standard InChI is InChI=1S/C14H11N3OS/c1-9(18)16-11-4-2-3-10(7-11)14-17-12-8-15-6-5-13(12)19-14/h2-8H,1H3,(H,16,18). The lowest BCUT2D eigenvalue weighted by molar-refractivity contribution is -0.114. The van der Waals surface area contributed by atoms with Crippen molar-refractivity contribution in [3.05, 3.63) is 42.7 Å². The monoisotopic (exact) mass is 269 g/mol. The molecule has 19 heavy (non-hydrogen) atoms. The third kappa shape index (κ3) is 2.46. The van der Waals surface area contributed by atoms with Crippen LogP contribution in [0, 0.1) is 0 Å². The third-order valence-electron chi connectivity index (χ3n) is 2.62. The van der Waals surface area contributed by atoms with E-state index in [1.807, 2.05) is 30.3 Å². The van der Waals surface area contributed by atoms with Gasteiger partial charge in [-0.15, -0.1) is 11.3 Å². The second kappa shape index (κ2) is 4.78. The van der Waals surface area contributed by atoms with Gasteiger partial charge in [-0.2, -0.15) is 0 Å². The first-order valence-corrected chi connectivity index (χ1v) is 6.62. The molecule has 0 saturated carbocycles. The number of rotatable bonds is 2. The molecule has 0 radical (unpaired) electrons. The molecule has 2 heterocycles. The summed E-state index contributed by atoms with van der Waals surface area (Å²) in [5, 5.41) is 3.70. The maximum atomic E-state index is 11.1. The summed E-state index contributed by atoms with van der Waals surface area (Å²) >= 11 is 1.61. The Morgan fingerprint density at radius 3 is 3.00 bits per heavy atom. The molecule has 0 spiro atoms. The molecule has 0 unspecified atom stereocenters. The molecule has 3 aromatic rings. The fraction of sp³-hybridized carbons (Fsp3) is 0.0714. The van der Waals surface area contributed by atoms with E-state index in [0.717, 1.165) is 26.5 Å². The van der Waals surface area contributed by atoms with Crippen LogP contribution < -0.4 is 5.32 Å². The normalized spacial score (nSPS) is 10.6. The molecule has 2 aromatic heterocycles. The summed E-state index contributed by atoms with van der Waals surface area (Å²) in [5.41, 5.74) is 2.67. The molecule has 1 N–H and O–H groups in total. The van der Waals surface area contributed by atoms with Crippen LogP contribution in [0.25, 0.3) is 20.8 Å². The molecule has 0 aliphatic carbocycles. The van der Waals surface area contributed by atoms with Gasteiger partial charge >= 0.3 is 0 Å². The summed E-state index contributed by atoms with van der Waals surface area (Å²) in [6, 6.07) is 9.63. The van der Waals surface area contributed by atoms with Gasteiger partial charge in [0, 0.05) is 24.4 Å². The number of amides is 1. The molecule has 0 saturated heterocycles. The Kier molecular flexibility index (Phi) is 2.97. The lowest BCUT2D eigenvalue weighted by Crippen LogP contribution is -2.05. The number of thiazole rings is 1. The zero-order valence-electron chi connectivity index (χ0n) is 10.3. The van der Waals surface area contributed by atoms with Crippen LogP contribution >= 0.6 is 11.3 Å². The summed E-state index contributed by atoms with van der Waals surface area (Å²) < 4.78 is 1.11. The van der Waals surface area contributed by atoms with Crippen molar-refractivity contribution in [1.82, 2.24) is 9.97 Å². The smallest absolute Gasteiger partial charge is 0.221 e. The van der Waals surface area contributed by atoms with E-state index in [1.165, 1.54) is 6.92 Å². The van der Waals surface area contributed by atoms with Crippen molar-refractivity contribution in [3.63, 3.8) is 0 Å². The number of benzene rings is 1. The van der Waals surface area contributed by atoms with E-state index in [2.05, 4.69) is 15.3 Å². The molecule has 4 nitrogen and oxygen atoms in total. The molecule has 5 heteroatoms. The Hall–Kier alpha value is -2.27. The maximum absolute atomic E-state index is 11.1. The molecule has 1 amide bonds. The van der Waals surface area contributed by atoms with E-state index < -0.39 is 0 Å². The minimum atomic E-state index is -0.0781. The van der Waals surface area contributed by atoms with Crippen molar-refractivity contribution in [2.24, 2.45) is 0 Å². The van der Waals surface area contributed by atoms with Gasteiger partial charge in [-0.1, -0.05) is 12.1 Å². The zero-order chi connectivity index (χ0) is 13.2. The molecular weight excluding hydrogens is 258 g/mol. The van der Waals surface area contributed by atoms with Crippen LogP contribution in [0.5, 0.6) is 0 Å². The van der Waals surface area contributed by atoms with Crippen LogP contribution in [0.1, 0.15) is 6.92 Å². The van der Waals surface area contributed by atoms with Crippen molar-refractivity contribution >= 4 is 33.1 Å². The summed E-state index contributed by atoms with van der Waals surface area (Å²) in [6.45, 7) is 1.50. The molecular formula is C14H11N3OS. The summed E-state index contributed by atoms with van der Waals surface area (Å²) in [7, 11) is 0. The zero-order valence-corrected chi connectivity index (χ0v) is 11.1. The van der Waals surface area contributed by atoms with Gasteiger partial charge in [0.2, 0.25) is 5.91 Å². The number of fused-ring (bicyclic) bond motifs is 1. The van der Waals surface area contributed by atoms with Gasteiger partial charge in [0.15, 0.2) is 0 Å². The Labute approximate surface area is 114 Å². The average Bonchev–Trinajstić information content (AvgIpc) is 2.82. The molecule has 0 atom stereocenters. The van der Waals surface area contributed by atoms with Crippen molar-refractivity contribution in [3.8, 4) is 10.6 Å². The number of carbonyl (C=O) groups excluding carboxylic acids is 1. The number of hydrogen-bond donors (Lipinski definition) is 1. The molecule has 0 aliphatic rings. The first-order chi connectivity index (χ1) is 9.22. The van der Waals surface area contributed by atoms with Gasteiger partial charge in [-0.3, -0.25) is 9.78 Å². The summed E-state index contributed by atoms with van der Waals surface area (Å²) in [4.78, 5) is 19.7. The van der Waals surface area contributed by atoms with Crippen LogP contribution in [-0.2, 0) is 4.79 Å². The van der Waals surface area contributed by atoms with E-state index in [0.29, 0.717) is 0 Å². The van der Waals surface area contributed by atoms with E-state index in [4.69, 9.17) is 0 Å². The Bertz CT molecular complexity index is 718. The summed E-state index contributed by atoms with van der Waals surface area (Å²) in [6.07, 6.45) is 3.52. The second-order valence-corrected chi connectivity index (χ2v) is 5.16. The van der Waals surface area contributed by atoms with E-state index in [-0.39, 0.29) is 5.91 Å². The van der Waals surface area contributed by atoms with Crippen molar-refractivity contribution < 1.29 is 4.79 Å². The Balaban J connectivity index is 2.03. The third-order valence-corrected chi connectivity index (χ3v) is 3.71. The largest absolute Gasteiger partial charge is 0.326 e. The van der Waals surface area contributed by atoms with Gasteiger partial charge < -0.3 is 5.32 Å². The fourth-order valence-corrected chi connectivity index (χ4v) is 2.77. The highest BCUT2D eigenvalue weighted by Crippen LogP contribution is 2.30. The van der Waals surface area contributed by atoms with E-state index in [9.17, 15) is 4.79 Å². The Morgan fingerprint density at radius 1 is 1.32 bits per heavy atom. The van der Waals surface area contributed by atoms with Gasteiger partial charge in [0.05, 0.1) is 10.9 Å². The van der Waals surface area contributed by atoms with Crippen LogP contribution in [0.2, 0.25) is 0 Å². The van der Waals surface area contributed by atoms with Crippen LogP contribution in [-0.4, -0.2) is 15.9 Å². The SMILES string of the molecule is CC(=O)Nc1cccc(-c2nc3cnccc3s2)c1. The average molecular weight is 269 g/mol. The number of anilines is 1. The summed E-state index contributed by atoms with van der Waals surface area (Å²) in [5.74, 6) is -0.0781. The lowest BCUT2D eigenvalue weighted by Gasteiger charge is -2.03. The van der Waals surface area contributed by atoms with Crippen molar-refractivity contribution in [2.45, 2.75) is 6.92 Å². The van der Waals surface area contributed by atoms with Crippen molar-refractivity contribution in [1.29, 1.82) is 0 Å². The number of aromatic nitrogens is 2. The highest BCUT2D eigenvalue weighted by molar-refractivity contribution is 7.21. The topological polar surface area (TPSA) is 54.9 Å². The highest BCUT2D eigenvalue weighted by Gasteiger charge is 2.07. The van der Waals surface area contributed by atoms with Gasteiger partial charge in [-0.05, 0) is 18.2 Å². The minimum Gasteiger partial charge on any atom is -0.326 e. The predicted molar refractivity (Wildman–Crippen MR) is 77.2 cm³/mol. The molecule has 0 bridgehead atoms. The molecule has 3 rings (SSSR count). The number of pyridine rings is 1. The van der Waals surface area contributed by atoms with Crippen LogP contribution in [0.15, 0.2) is 42.7 Å². The maximum Gasteiger partial charge on any atom is 0.221 e. The predicted octanol–water partition coefficient (Wildman–Crippen LogP) is 3.32. The van der Waals surface area contributed by atoms with Gasteiger partial charge in [0.25, 0.3) is 0 Å². The number of nitrogens with zero attached hydrogens (tertiary/aromatic N) is 2. The number of hydrogen-bond acceptors (Lipinski definition) is 4. The van der Waals surface area contributed by atoms with Crippen LogP contribution in [0.4, 0.5) is 5.69 Å². The molecule has 94 valence electrons. The van der Waals surface area contributed by atoms with E-state index in [1.54, 1.807) is 23.7 Å². The first kappa shape index (κ1) is 11.8. The fourth-order valence-electron chi connectivity index (χ4n) is 1.84. The first-order valence-electron chi connectivity index (χ1n) is 5.81. The van der Waals surface area contributed by atoms with Crippen molar-refractivity contribution in [2.75, 3.05) is 5.32 Å². The Morgan fingerprint density at radius 2 is 2.21 bits per heavy atom. The van der Waals surface area contributed by atoms with Crippen LogP contribution in [0.3, 0.4) is 0 Å². The van der Waals surface area contributed by atoms with Gasteiger partial charge in [0.1, 0.15) is 10.5 Å². The molecule has 1 aromatic carbocycles. The van der Waals surface area contributed by atoms with Gasteiger partial charge in [-0.25, -0.2) is 4.98 Å². The lowest BCUT2D eigenvalue weighted by atomic mass is 10.2. The molecule has 0 fully saturated rings. The quantitative estimate of drug-likeness (QED) is 0.776.